The zero-order valence-electron chi connectivity index (χ0n) is 8.08. The lowest BCUT2D eigenvalue weighted by atomic mass is 10.1. The van der Waals surface area contributed by atoms with Gasteiger partial charge in [-0.15, -0.1) is 11.6 Å². The Morgan fingerprint density at radius 3 is 2.60 bits per heavy atom. The Labute approximate surface area is 91.9 Å². The molecule has 1 aromatic carbocycles. The number of carbonyl (C=O) groups excluding carboxylic acids is 1. The Morgan fingerprint density at radius 2 is 2.07 bits per heavy atom. The van der Waals surface area contributed by atoms with Gasteiger partial charge in [0.05, 0.1) is 5.56 Å². The van der Waals surface area contributed by atoms with Gasteiger partial charge < -0.3 is 10.4 Å². The number of carboxylic acid groups (broad SMARTS) is 1. The number of rotatable bonds is 3. The molecule has 1 aromatic rings. The molecule has 0 radical (unpaired) electrons. The summed E-state index contributed by atoms with van der Waals surface area (Å²) in [6.45, 7) is 1.75. The van der Waals surface area contributed by atoms with Gasteiger partial charge in [0.15, 0.2) is 0 Å². The third-order valence-electron chi connectivity index (χ3n) is 1.73. The highest BCUT2D eigenvalue weighted by Gasteiger charge is 2.07. The largest absolute Gasteiger partial charge is 0.478 e. The molecule has 0 spiro atoms. The standard InChI is InChI=1S/C10H10ClNO3/c1-6-2-7(10(14)15)4-8(3-6)12-9(13)5-11/h2-4H,5H2,1H3,(H,12,13)(H,14,15). The van der Waals surface area contributed by atoms with Crippen molar-refractivity contribution < 1.29 is 14.7 Å². The van der Waals surface area contributed by atoms with E-state index in [0.29, 0.717) is 5.69 Å². The molecule has 0 aliphatic heterocycles. The molecule has 0 aliphatic rings. The Hall–Kier alpha value is -1.55. The minimum atomic E-state index is -1.03. The average molecular weight is 228 g/mol. The van der Waals surface area contributed by atoms with Crippen LogP contribution in [0.3, 0.4) is 0 Å². The molecule has 1 rings (SSSR count). The van der Waals surface area contributed by atoms with E-state index in [2.05, 4.69) is 5.32 Å². The summed E-state index contributed by atoms with van der Waals surface area (Å²) in [7, 11) is 0. The van der Waals surface area contributed by atoms with Crippen LogP contribution in [0.4, 0.5) is 5.69 Å². The van der Waals surface area contributed by atoms with Crippen molar-refractivity contribution in [2.24, 2.45) is 0 Å². The van der Waals surface area contributed by atoms with Crippen LogP contribution in [0.5, 0.6) is 0 Å². The predicted octanol–water partition coefficient (Wildman–Crippen LogP) is 1.87. The van der Waals surface area contributed by atoms with Crippen molar-refractivity contribution in [1.82, 2.24) is 0 Å². The number of aromatic carboxylic acids is 1. The molecule has 0 unspecified atom stereocenters. The monoisotopic (exact) mass is 227 g/mol. The number of aryl methyl sites for hydroxylation is 1. The van der Waals surface area contributed by atoms with Gasteiger partial charge >= 0.3 is 5.97 Å². The van der Waals surface area contributed by atoms with E-state index in [4.69, 9.17) is 16.7 Å². The van der Waals surface area contributed by atoms with Crippen LogP contribution < -0.4 is 5.32 Å². The fraction of sp³-hybridized carbons (Fsp3) is 0.200. The predicted molar refractivity (Wildman–Crippen MR) is 57.5 cm³/mol. The van der Waals surface area contributed by atoms with Crippen LogP contribution in [-0.2, 0) is 4.79 Å². The molecule has 0 atom stereocenters. The molecule has 0 aromatic heterocycles. The van der Waals surface area contributed by atoms with E-state index in [1.165, 1.54) is 12.1 Å². The molecular formula is C10H10ClNO3. The van der Waals surface area contributed by atoms with E-state index < -0.39 is 5.97 Å². The van der Waals surface area contributed by atoms with Crippen LogP contribution in [0.1, 0.15) is 15.9 Å². The van der Waals surface area contributed by atoms with Crippen LogP contribution >= 0.6 is 11.6 Å². The minimum absolute atomic E-state index is 0.139. The summed E-state index contributed by atoms with van der Waals surface area (Å²) in [6, 6.07) is 4.59. The normalized spacial score (nSPS) is 9.73. The van der Waals surface area contributed by atoms with Crippen LogP contribution in [0.2, 0.25) is 0 Å². The second kappa shape index (κ2) is 4.79. The lowest BCUT2D eigenvalue weighted by Crippen LogP contribution is -2.13. The van der Waals surface area contributed by atoms with E-state index in [9.17, 15) is 9.59 Å². The number of hydrogen-bond donors (Lipinski definition) is 2. The van der Waals surface area contributed by atoms with Gasteiger partial charge in [-0.1, -0.05) is 0 Å². The zero-order valence-corrected chi connectivity index (χ0v) is 8.84. The molecule has 0 bridgehead atoms. The SMILES string of the molecule is Cc1cc(NC(=O)CCl)cc(C(=O)O)c1. The Morgan fingerprint density at radius 1 is 1.40 bits per heavy atom. The molecule has 1 amide bonds. The fourth-order valence-corrected chi connectivity index (χ4v) is 1.24. The summed E-state index contributed by atoms with van der Waals surface area (Å²) in [4.78, 5) is 21.7. The van der Waals surface area contributed by atoms with E-state index >= 15 is 0 Å². The summed E-state index contributed by atoms with van der Waals surface area (Å²) in [5.74, 6) is -1.55. The quantitative estimate of drug-likeness (QED) is 0.775. The second-order valence-electron chi connectivity index (χ2n) is 3.07. The first-order valence-electron chi connectivity index (χ1n) is 4.23. The van der Waals surface area contributed by atoms with Crippen molar-refractivity contribution >= 4 is 29.2 Å². The second-order valence-corrected chi connectivity index (χ2v) is 3.34. The fourth-order valence-electron chi connectivity index (χ4n) is 1.17. The Bertz CT molecular complexity index is 404. The van der Waals surface area contributed by atoms with Gasteiger partial charge in [0.1, 0.15) is 5.88 Å². The number of anilines is 1. The van der Waals surface area contributed by atoms with Crippen molar-refractivity contribution in [2.75, 3.05) is 11.2 Å². The number of alkyl halides is 1. The highest BCUT2D eigenvalue weighted by molar-refractivity contribution is 6.29. The molecule has 4 nitrogen and oxygen atoms in total. The van der Waals surface area contributed by atoms with Gasteiger partial charge in [0.25, 0.3) is 0 Å². The molecule has 0 fully saturated rings. The Kier molecular flexibility index (Phi) is 3.68. The molecule has 0 saturated heterocycles. The first-order valence-corrected chi connectivity index (χ1v) is 4.77. The summed E-state index contributed by atoms with van der Waals surface area (Å²) in [5, 5.41) is 11.3. The smallest absolute Gasteiger partial charge is 0.335 e. The molecule has 0 heterocycles. The van der Waals surface area contributed by atoms with Crippen molar-refractivity contribution in [3.8, 4) is 0 Å². The maximum absolute atomic E-state index is 11.0. The molecule has 2 N–H and O–H groups in total. The van der Waals surface area contributed by atoms with Gasteiger partial charge in [0.2, 0.25) is 5.91 Å². The first kappa shape index (κ1) is 11.5. The molecule has 15 heavy (non-hydrogen) atoms. The summed E-state index contributed by atoms with van der Waals surface area (Å²) in [5.41, 5.74) is 1.35. The van der Waals surface area contributed by atoms with Gasteiger partial charge in [-0.3, -0.25) is 4.79 Å². The highest BCUT2D eigenvalue weighted by atomic mass is 35.5. The number of benzene rings is 1. The number of amides is 1. The highest BCUT2D eigenvalue weighted by Crippen LogP contribution is 2.14. The van der Waals surface area contributed by atoms with E-state index in [0.717, 1.165) is 5.56 Å². The maximum atomic E-state index is 11.0. The maximum Gasteiger partial charge on any atom is 0.335 e. The lowest BCUT2D eigenvalue weighted by molar-refractivity contribution is -0.113. The van der Waals surface area contributed by atoms with Crippen LogP contribution in [0.25, 0.3) is 0 Å². The molecular weight excluding hydrogens is 218 g/mol. The summed E-state index contributed by atoms with van der Waals surface area (Å²) >= 11 is 5.32. The van der Waals surface area contributed by atoms with Gasteiger partial charge in [0, 0.05) is 5.69 Å². The first-order chi connectivity index (χ1) is 7.02. The molecule has 0 saturated carbocycles. The van der Waals surface area contributed by atoms with Crippen molar-refractivity contribution in [1.29, 1.82) is 0 Å². The minimum Gasteiger partial charge on any atom is -0.478 e. The molecule has 80 valence electrons. The number of hydrogen-bond acceptors (Lipinski definition) is 2. The van der Waals surface area contributed by atoms with E-state index in [-0.39, 0.29) is 17.4 Å². The third-order valence-corrected chi connectivity index (χ3v) is 1.97. The van der Waals surface area contributed by atoms with Crippen molar-refractivity contribution in [2.45, 2.75) is 6.92 Å². The Balaban J connectivity index is 2.98. The van der Waals surface area contributed by atoms with Crippen LogP contribution in [0, 0.1) is 6.92 Å². The van der Waals surface area contributed by atoms with Gasteiger partial charge in [-0.25, -0.2) is 4.79 Å². The number of carboxylic acids is 1. The molecule has 5 heteroatoms. The number of halogens is 1. The van der Waals surface area contributed by atoms with Crippen LogP contribution in [0.15, 0.2) is 18.2 Å². The van der Waals surface area contributed by atoms with E-state index in [1.54, 1.807) is 13.0 Å². The third kappa shape index (κ3) is 3.25. The van der Waals surface area contributed by atoms with E-state index in [1.807, 2.05) is 0 Å². The topological polar surface area (TPSA) is 66.4 Å². The average Bonchev–Trinajstić information content (AvgIpc) is 2.16. The molecule has 0 aliphatic carbocycles. The van der Waals surface area contributed by atoms with Crippen LogP contribution in [-0.4, -0.2) is 22.9 Å². The van der Waals surface area contributed by atoms with Crippen molar-refractivity contribution in [3.63, 3.8) is 0 Å². The van der Waals surface area contributed by atoms with Gasteiger partial charge in [-0.2, -0.15) is 0 Å². The summed E-state index contributed by atoms with van der Waals surface area (Å²) < 4.78 is 0. The number of carbonyl (C=O) groups is 2. The van der Waals surface area contributed by atoms with Crippen molar-refractivity contribution in [3.05, 3.63) is 29.3 Å². The zero-order chi connectivity index (χ0) is 11.4. The summed E-state index contributed by atoms with van der Waals surface area (Å²) in [6.07, 6.45) is 0. The lowest BCUT2D eigenvalue weighted by Gasteiger charge is -2.05. The number of nitrogens with one attached hydrogen (secondary N) is 1. The van der Waals surface area contributed by atoms with Gasteiger partial charge in [-0.05, 0) is 30.7 Å².